The maximum absolute atomic E-state index is 12.8. The Hall–Kier alpha value is -2.68. The Morgan fingerprint density at radius 2 is 1.92 bits per heavy atom. The molecule has 1 aliphatic heterocycles. The van der Waals surface area contributed by atoms with Gasteiger partial charge in [-0.25, -0.2) is 15.2 Å². The number of benzene rings is 1. The van der Waals surface area contributed by atoms with Crippen LogP contribution in [-0.2, 0) is 14.3 Å². The van der Waals surface area contributed by atoms with Crippen molar-refractivity contribution in [1.82, 2.24) is 15.8 Å². The number of hydrogen-bond donors (Lipinski definition) is 2. The average Bonchev–Trinajstić information content (AvgIpc) is 2.80. The number of rotatable bonds is 6. The van der Waals surface area contributed by atoms with Crippen LogP contribution in [0.2, 0.25) is 0 Å². The Labute approximate surface area is 151 Å². The molecule has 1 aromatic carbocycles. The number of para-hydroxylation sites is 1. The van der Waals surface area contributed by atoms with Crippen LogP contribution in [0.5, 0.6) is 0 Å². The topological polar surface area (TPSA) is 91.0 Å². The summed E-state index contributed by atoms with van der Waals surface area (Å²) in [5.41, 5.74) is 3.01. The van der Waals surface area contributed by atoms with Gasteiger partial charge in [-0.15, -0.1) is 0 Å². The van der Waals surface area contributed by atoms with Crippen LogP contribution in [-0.4, -0.2) is 47.2 Å². The zero-order valence-corrected chi connectivity index (χ0v) is 14.8. The second-order valence-electron chi connectivity index (χ2n) is 5.17. The Kier molecular flexibility index (Phi) is 6.29. The van der Waals surface area contributed by atoms with E-state index in [1.807, 2.05) is 6.07 Å². The molecule has 0 aromatic heterocycles. The third kappa shape index (κ3) is 4.24. The predicted octanol–water partition coefficient (Wildman–Crippen LogP) is 1.18. The lowest BCUT2D eigenvalue weighted by molar-refractivity contribution is -0.127. The highest BCUT2D eigenvalue weighted by Crippen LogP contribution is 2.25. The molecule has 8 nitrogen and oxygen atoms in total. The maximum atomic E-state index is 12.8. The van der Waals surface area contributed by atoms with E-state index in [9.17, 15) is 14.4 Å². The van der Waals surface area contributed by atoms with Gasteiger partial charge in [-0.1, -0.05) is 18.2 Å². The van der Waals surface area contributed by atoms with Crippen molar-refractivity contribution >= 4 is 40.9 Å². The molecule has 2 N–H and O–H groups in total. The molecule has 1 atom stereocenters. The summed E-state index contributed by atoms with van der Waals surface area (Å²) in [4.78, 5) is 37.9. The van der Waals surface area contributed by atoms with Crippen LogP contribution in [0.1, 0.15) is 20.3 Å². The molecular formula is C16H20N4O4S. The number of nitrogens with zero attached hydrogens (tertiary/aromatic N) is 2. The number of anilines is 1. The highest BCUT2D eigenvalue weighted by atomic mass is 32.1. The molecule has 134 valence electrons. The Morgan fingerprint density at radius 1 is 1.24 bits per heavy atom. The average molecular weight is 364 g/mol. The fraction of sp³-hybridized carbons (Fsp3) is 0.375. The molecule has 25 heavy (non-hydrogen) atoms. The van der Waals surface area contributed by atoms with E-state index < -0.39 is 12.1 Å². The van der Waals surface area contributed by atoms with Crippen molar-refractivity contribution in [2.24, 2.45) is 0 Å². The number of thiocarbonyl (C=S) groups is 1. The highest BCUT2D eigenvalue weighted by Gasteiger charge is 2.45. The van der Waals surface area contributed by atoms with Crippen molar-refractivity contribution in [2.45, 2.75) is 26.3 Å². The van der Waals surface area contributed by atoms with Crippen LogP contribution in [0.4, 0.5) is 10.5 Å². The minimum atomic E-state index is -0.941. The zero-order chi connectivity index (χ0) is 18.4. The Balaban J connectivity index is 2.28. The normalized spacial score (nSPS) is 16.8. The van der Waals surface area contributed by atoms with Crippen LogP contribution < -0.4 is 15.6 Å². The van der Waals surface area contributed by atoms with E-state index in [-0.39, 0.29) is 30.0 Å². The minimum absolute atomic E-state index is 0.0820. The van der Waals surface area contributed by atoms with Crippen LogP contribution in [0, 0.1) is 0 Å². The van der Waals surface area contributed by atoms with E-state index in [0.717, 1.165) is 0 Å². The van der Waals surface area contributed by atoms with Gasteiger partial charge in [0.2, 0.25) is 11.0 Å². The van der Waals surface area contributed by atoms with Crippen molar-refractivity contribution in [1.29, 1.82) is 0 Å². The van der Waals surface area contributed by atoms with Gasteiger partial charge in [-0.2, -0.15) is 0 Å². The van der Waals surface area contributed by atoms with Gasteiger partial charge in [-0.3, -0.25) is 14.5 Å². The first-order valence-electron chi connectivity index (χ1n) is 7.91. The van der Waals surface area contributed by atoms with Crippen LogP contribution in [0.25, 0.3) is 0 Å². The molecule has 3 amide bonds. The van der Waals surface area contributed by atoms with E-state index in [1.54, 1.807) is 38.1 Å². The van der Waals surface area contributed by atoms with Crippen molar-refractivity contribution in [3.05, 3.63) is 30.3 Å². The monoisotopic (exact) mass is 364 g/mol. The lowest BCUT2D eigenvalue weighted by Gasteiger charge is -2.23. The third-order valence-corrected chi connectivity index (χ3v) is 3.85. The van der Waals surface area contributed by atoms with Gasteiger partial charge in [0.05, 0.1) is 18.7 Å². The summed E-state index contributed by atoms with van der Waals surface area (Å²) in [6.07, 6.45) is -0.879. The molecule has 1 aromatic rings. The number of nitrogens with one attached hydrogen (secondary N) is 2. The number of amides is 3. The van der Waals surface area contributed by atoms with Crippen molar-refractivity contribution in [3.8, 4) is 0 Å². The van der Waals surface area contributed by atoms with Gasteiger partial charge in [0.15, 0.2) is 0 Å². The fourth-order valence-electron chi connectivity index (χ4n) is 2.42. The zero-order valence-electron chi connectivity index (χ0n) is 14.0. The lowest BCUT2D eigenvalue weighted by atomic mass is 10.2. The summed E-state index contributed by atoms with van der Waals surface area (Å²) in [5, 5.41) is 3.93. The van der Waals surface area contributed by atoms with Crippen molar-refractivity contribution in [3.63, 3.8) is 0 Å². The standard InChI is InChI=1S/C16H20N4O4S/c1-3-17-13(21)10-12-14(22)19(11-8-6-5-7-9-11)16(25)20(12)18-15(23)24-4-2/h5-9,12H,3-4,10H2,1-2H3,(H,17,21)(H,18,23). The van der Waals surface area contributed by atoms with Crippen LogP contribution >= 0.6 is 12.2 Å². The van der Waals surface area contributed by atoms with Crippen LogP contribution in [0.3, 0.4) is 0 Å². The predicted molar refractivity (Wildman–Crippen MR) is 95.6 cm³/mol. The molecule has 0 radical (unpaired) electrons. The minimum Gasteiger partial charge on any atom is -0.449 e. The molecule has 0 bridgehead atoms. The van der Waals surface area contributed by atoms with Crippen molar-refractivity contribution in [2.75, 3.05) is 18.1 Å². The van der Waals surface area contributed by atoms with E-state index in [0.29, 0.717) is 12.2 Å². The third-order valence-electron chi connectivity index (χ3n) is 3.47. The van der Waals surface area contributed by atoms with Crippen LogP contribution in [0.15, 0.2) is 30.3 Å². The number of carbonyl (C=O) groups is 3. The molecule has 1 saturated heterocycles. The molecule has 2 rings (SSSR count). The molecule has 0 saturated carbocycles. The summed E-state index contributed by atoms with van der Waals surface area (Å²) in [7, 11) is 0. The number of hydrazine groups is 1. The molecule has 1 heterocycles. The fourth-order valence-corrected chi connectivity index (χ4v) is 2.79. The quantitative estimate of drug-likeness (QED) is 0.737. The maximum Gasteiger partial charge on any atom is 0.426 e. The molecule has 1 aliphatic rings. The number of ether oxygens (including phenoxy) is 1. The highest BCUT2D eigenvalue weighted by molar-refractivity contribution is 7.80. The first kappa shape index (κ1) is 18.7. The van der Waals surface area contributed by atoms with Gasteiger partial charge >= 0.3 is 6.09 Å². The molecule has 1 fully saturated rings. The van der Waals surface area contributed by atoms with E-state index >= 15 is 0 Å². The Bertz CT molecular complexity index is 629. The Morgan fingerprint density at radius 3 is 2.52 bits per heavy atom. The van der Waals surface area contributed by atoms with Gasteiger partial charge in [0.1, 0.15) is 6.04 Å². The first-order chi connectivity index (χ1) is 12.0. The summed E-state index contributed by atoms with van der Waals surface area (Å²) in [5.74, 6) is -0.700. The van der Waals surface area contributed by atoms with E-state index in [2.05, 4.69) is 10.7 Å². The number of hydrogen-bond acceptors (Lipinski definition) is 5. The molecule has 0 spiro atoms. The molecule has 0 aliphatic carbocycles. The number of carbonyl (C=O) groups excluding carboxylic acids is 3. The SMILES string of the molecule is CCNC(=O)CC1C(=O)N(c2ccccc2)C(=S)N1NC(=O)OCC. The van der Waals surface area contributed by atoms with Gasteiger partial charge in [0, 0.05) is 6.54 Å². The second kappa shape index (κ2) is 8.43. The summed E-state index contributed by atoms with van der Waals surface area (Å²) in [6.45, 7) is 4.06. The van der Waals surface area contributed by atoms with Gasteiger partial charge < -0.3 is 10.1 Å². The van der Waals surface area contributed by atoms with Gasteiger partial charge in [0.25, 0.3) is 5.91 Å². The van der Waals surface area contributed by atoms with E-state index in [4.69, 9.17) is 17.0 Å². The molecule has 9 heteroatoms. The lowest BCUT2D eigenvalue weighted by Crippen LogP contribution is -2.50. The van der Waals surface area contributed by atoms with E-state index in [1.165, 1.54) is 9.91 Å². The molecular weight excluding hydrogens is 344 g/mol. The largest absolute Gasteiger partial charge is 0.449 e. The summed E-state index contributed by atoms with van der Waals surface area (Å²) in [6, 6.07) is 7.86. The smallest absolute Gasteiger partial charge is 0.426 e. The van der Waals surface area contributed by atoms with Crippen molar-refractivity contribution < 1.29 is 19.1 Å². The first-order valence-corrected chi connectivity index (χ1v) is 8.32. The summed E-state index contributed by atoms with van der Waals surface area (Å²) >= 11 is 5.35. The second-order valence-corrected chi connectivity index (χ2v) is 5.53. The molecule has 1 unspecified atom stereocenters. The van der Waals surface area contributed by atoms with Gasteiger partial charge in [-0.05, 0) is 38.2 Å². The summed E-state index contributed by atoms with van der Waals surface area (Å²) < 4.78 is 4.85.